The van der Waals surface area contributed by atoms with Crippen LogP contribution in [0.1, 0.15) is 39.0 Å². The van der Waals surface area contributed by atoms with Crippen molar-refractivity contribution in [3.63, 3.8) is 0 Å². The minimum atomic E-state index is 0. The molecule has 0 atom stereocenters. The number of allylic oxidation sites excluding steroid dienone is 1. The molecule has 0 saturated carbocycles. The zero-order valence-electron chi connectivity index (χ0n) is 6.32. The summed E-state index contributed by atoms with van der Waals surface area (Å²) in [5, 5.41) is 0. The van der Waals surface area contributed by atoms with Crippen LogP contribution in [0, 0.1) is 0 Å². The molecule has 0 aromatic carbocycles. The van der Waals surface area contributed by atoms with Crippen LogP contribution in [-0.2, 0) is 0 Å². The molecule has 9 heavy (non-hydrogen) atoms. The average molecular weight is 130 g/mol. The van der Waals surface area contributed by atoms with E-state index >= 15 is 0 Å². The normalized spacial score (nSPS) is 8.11. The van der Waals surface area contributed by atoms with E-state index in [1.54, 1.807) is 0 Å². The van der Waals surface area contributed by atoms with Crippen molar-refractivity contribution in [2.24, 2.45) is 0 Å². The molecule has 0 spiro atoms. The van der Waals surface area contributed by atoms with Crippen molar-refractivity contribution in [3.8, 4) is 0 Å². The van der Waals surface area contributed by atoms with Gasteiger partial charge in [0, 0.05) is 0 Å². The van der Waals surface area contributed by atoms with Gasteiger partial charge >= 0.3 is 0 Å². The van der Waals surface area contributed by atoms with Crippen molar-refractivity contribution in [2.45, 2.75) is 39.0 Å². The molecule has 0 bridgehead atoms. The van der Waals surface area contributed by atoms with Gasteiger partial charge in [-0.2, -0.15) is 0 Å². The summed E-state index contributed by atoms with van der Waals surface area (Å²) in [4.78, 5) is 0. The van der Waals surface area contributed by atoms with Crippen LogP contribution in [0.15, 0.2) is 12.7 Å². The number of rotatable bonds is 5. The van der Waals surface area contributed by atoms with E-state index in [0.29, 0.717) is 0 Å². The molecule has 2 N–H and O–H groups in total. The molecule has 0 heterocycles. The largest absolute Gasteiger partial charge is 0.412 e. The SMILES string of the molecule is C=CCCCCCC.O. The van der Waals surface area contributed by atoms with Gasteiger partial charge < -0.3 is 5.48 Å². The van der Waals surface area contributed by atoms with E-state index in [2.05, 4.69) is 13.5 Å². The molecule has 0 unspecified atom stereocenters. The highest BCUT2D eigenvalue weighted by atomic mass is 16.0. The van der Waals surface area contributed by atoms with Gasteiger partial charge in [-0.15, -0.1) is 6.58 Å². The van der Waals surface area contributed by atoms with Crippen LogP contribution in [0.25, 0.3) is 0 Å². The lowest BCUT2D eigenvalue weighted by Crippen LogP contribution is -1.71. The third-order valence-electron chi connectivity index (χ3n) is 1.26. The lowest BCUT2D eigenvalue weighted by molar-refractivity contribution is 0.675. The minimum Gasteiger partial charge on any atom is -0.412 e. The number of hydrogen-bond donors (Lipinski definition) is 0. The van der Waals surface area contributed by atoms with Gasteiger partial charge in [-0.05, 0) is 12.8 Å². The Labute approximate surface area is 58.1 Å². The molecule has 0 rings (SSSR count). The molecule has 0 saturated heterocycles. The van der Waals surface area contributed by atoms with Crippen LogP contribution in [0.4, 0.5) is 0 Å². The van der Waals surface area contributed by atoms with E-state index in [4.69, 9.17) is 0 Å². The molecule has 0 aromatic heterocycles. The molecule has 0 radical (unpaired) electrons. The quantitative estimate of drug-likeness (QED) is 0.404. The summed E-state index contributed by atoms with van der Waals surface area (Å²) in [5.74, 6) is 0. The van der Waals surface area contributed by atoms with Crippen molar-refractivity contribution >= 4 is 0 Å². The Morgan fingerprint density at radius 3 is 2.33 bits per heavy atom. The second-order valence-electron chi connectivity index (χ2n) is 2.14. The molecule has 56 valence electrons. The van der Waals surface area contributed by atoms with Gasteiger partial charge in [0.1, 0.15) is 0 Å². The molecule has 0 aliphatic carbocycles. The van der Waals surface area contributed by atoms with Crippen LogP contribution < -0.4 is 0 Å². The molecule has 1 heteroatoms. The first kappa shape index (κ1) is 11.5. The van der Waals surface area contributed by atoms with Crippen LogP contribution in [0.5, 0.6) is 0 Å². The van der Waals surface area contributed by atoms with Crippen molar-refractivity contribution < 1.29 is 5.48 Å². The summed E-state index contributed by atoms with van der Waals surface area (Å²) in [6.45, 7) is 5.89. The number of unbranched alkanes of at least 4 members (excludes halogenated alkanes) is 4. The lowest BCUT2D eigenvalue weighted by Gasteiger charge is -1.91. The third-order valence-corrected chi connectivity index (χ3v) is 1.26. The molecular formula is C8H18O. The molecule has 0 aliphatic heterocycles. The molecule has 0 fully saturated rings. The summed E-state index contributed by atoms with van der Waals surface area (Å²) in [7, 11) is 0. The Balaban J connectivity index is 0. The minimum absolute atomic E-state index is 0. The average Bonchev–Trinajstić information content (AvgIpc) is 1.81. The van der Waals surface area contributed by atoms with Crippen molar-refractivity contribution in [2.75, 3.05) is 0 Å². The van der Waals surface area contributed by atoms with E-state index in [9.17, 15) is 0 Å². The van der Waals surface area contributed by atoms with Crippen LogP contribution in [0.2, 0.25) is 0 Å². The molecule has 0 aliphatic rings. The predicted octanol–water partition coefficient (Wildman–Crippen LogP) is 2.32. The standard InChI is InChI=1S/C8H16.H2O/c1-3-5-7-8-6-4-2;/h3H,1,4-8H2,2H3;1H2. The highest BCUT2D eigenvalue weighted by molar-refractivity contribution is 4.64. The maximum Gasteiger partial charge on any atom is -0.0353 e. The van der Waals surface area contributed by atoms with Gasteiger partial charge in [0.2, 0.25) is 0 Å². The molecule has 0 aromatic rings. The fourth-order valence-corrected chi connectivity index (χ4v) is 0.715. The van der Waals surface area contributed by atoms with Crippen LogP contribution in [-0.4, -0.2) is 5.48 Å². The fraction of sp³-hybridized carbons (Fsp3) is 0.750. The summed E-state index contributed by atoms with van der Waals surface area (Å²) in [6, 6.07) is 0. The van der Waals surface area contributed by atoms with Crippen molar-refractivity contribution in [1.29, 1.82) is 0 Å². The van der Waals surface area contributed by atoms with E-state index in [1.807, 2.05) is 6.08 Å². The van der Waals surface area contributed by atoms with Crippen molar-refractivity contribution in [3.05, 3.63) is 12.7 Å². The topological polar surface area (TPSA) is 31.5 Å². The van der Waals surface area contributed by atoms with E-state index in [-0.39, 0.29) is 5.48 Å². The van der Waals surface area contributed by atoms with Crippen molar-refractivity contribution in [1.82, 2.24) is 0 Å². The molecule has 1 nitrogen and oxygen atoms in total. The Hall–Kier alpha value is -0.300. The maximum atomic E-state index is 3.66. The first-order valence-corrected chi connectivity index (χ1v) is 3.52. The third kappa shape index (κ3) is 11.3. The lowest BCUT2D eigenvalue weighted by atomic mass is 10.2. The second kappa shape index (κ2) is 10.6. The smallest absolute Gasteiger partial charge is 0.0353 e. The summed E-state index contributed by atoms with van der Waals surface area (Å²) in [5.41, 5.74) is 0. The fourth-order valence-electron chi connectivity index (χ4n) is 0.715. The monoisotopic (exact) mass is 130 g/mol. The maximum absolute atomic E-state index is 3.66. The van der Waals surface area contributed by atoms with Gasteiger partial charge in [0.25, 0.3) is 0 Å². The van der Waals surface area contributed by atoms with Gasteiger partial charge in [0.05, 0.1) is 0 Å². The summed E-state index contributed by atoms with van der Waals surface area (Å²) in [6.07, 6.45) is 8.61. The zero-order valence-corrected chi connectivity index (χ0v) is 6.32. The highest BCUT2D eigenvalue weighted by Crippen LogP contribution is 2.01. The van der Waals surface area contributed by atoms with Crippen LogP contribution >= 0.6 is 0 Å². The first-order valence-electron chi connectivity index (χ1n) is 3.52. The number of hydrogen-bond acceptors (Lipinski definition) is 0. The Kier molecular flexibility index (Phi) is 13.6. The molecule has 0 amide bonds. The Morgan fingerprint density at radius 2 is 1.89 bits per heavy atom. The van der Waals surface area contributed by atoms with Gasteiger partial charge in [-0.25, -0.2) is 0 Å². The summed E-state index contributed by atoms with van der Waals surface area (Å²) < 4.78 is 0. The second-order valence-corrected chi connectivity index (χ2v) is 2.14. The van der Waals surface area contributed by atoms with E-state index < -0.39 is 0 Å². The van der Waals surface area contributed by atoms with Gasteiger partial charge in [-0.3, -0.25) is 0 Å². The predicted molar refractivity (Wildman–Crippen MR) is 42.6 cm³/mol. The van der Waals surface area contributed by atoms with Crippen LogP contribution in [0.3, 0.4) is 0 Å². The Bertz CT molecular complexity index is 50.5. The first-order chi connectivity index (χ1) is 3.91. The molecular weight excluding hydrogens is 112 g/mol. The van der Waals surface area contributed by atoms with Gasteiger partial charge in [0.15, 0.2) is 0 Å². The van der Waals surface area contributed by atoms with Gasteiger partial charge in [-0.1, -0.05) is 32.3 Å². The summed E-state index contributed by atoms with van der Waals surface area (Å²) >= 11 is 0. The van der Waals surface area contributed by atoms with E-state index in [0.717, 1.165) is 0 Å². The highest BCUT2D eigenvalue weighted by Gasteiger charge is 1.81. The Morgan fingerprint density at radius 1 is 1.22 bits per heavy atom. The zero-order chi connectivity index (χ0) is 6.24. The van der Waals surface area contributed by atoms with E-state index in [1.165, 1.54) is 32.1 Å².